The van der Waals surface area contributed by atoms with Gasteiger partial charge in [-0.25, -0.2) is 9.97 Å². The van der Waals surface area contributed by atoms with Crippen LogP contribution in [0.15, 0.2) is 6.20 Å². The van der Waals surface area contributed by atoms with Gasteiger partial charge in [-0.2, -0.15) is 0 Å². The third-order valence-electron chi connectivity index (χ3n) is 4.37. The molecule has 1 fully saturated rings. The van der Waals surface area contributed by atoms with Gasteiger partial charge in [0.25, 0.3) is 5.91 Å². The van der Waals surface area contributed by atoms with E-state index in [9.17, 15) is 4.79 Å². The Morgan fingerprint density at radius 2 is 1.89 bits per heavy atom. The molecule has 102 valence electrons. The number of piperidine rings is 1. The minimum absolute atomic E-state index is 0.0187. The van der Waals surface area contributed by atoms with E-state index in [2.05, 4.69) is 14.9 Å². The summed E-state index contributed by atoms with van der Waals surface area (Å²) in [5, 5.41) is 0. The average Bonchev–Trinajstić information content (AvgIpc) is 2.61. The van der Waals surface area contributed by atoms with Crippen molar-refractivity contribution in [2.45, 2.75) is 38.6 Å². The molecule has 3 heterocycles. The fourth-order valence-corrected chi connectivity index (χ4v) is 2.84. The van der Waals surface area contributed by atoms with Crippen molar-refractivity contribution < 1.29 is 4.79 Å². The summed E-state index contributed by atoms with van der Waals surface area (Å²) in [5.74, 6) is 0.791. The maximum atomic E-state index is 12.1. The van der Waals surface area contributed by atoms with Crippen LogP contribution in [0.4, 0.5) is 5.95 Å². The highest BCUT2D eigenvalue weighted by Crippen LogP contribution is 2.36. The maximum Gasteiger partial charge on any atom is 0.257 e. The highest BCUT2D eigenvalue weighted by molar-refractivity contribution is 5.98. The first-order chi connectivity index (χ1) is 9.01. The van der Waals surface area contributed by atoms with Gasteiger partial charge in [-0.05, 0) is 33.1 Å². The zero-order valence-corrected chi connectivity index (χ0v) is 11.8. The molecule has 5 nitrogen and oxygen atoms in total. The maximum absolute atomic E-state index is 12.1. The first kappa shape index (κ1) is 12.4. The fraction of sp³-hybridized carbons (Fsp3) is 0.643. The highest BCUT2D eigenvalue weighted by atomic mass is 16.2. The molecule has 0 N–H and O–H groups in total. The topological polar surface area (TPSA) is 49.3 Å². The van der Waals surface area contributed by atoms with Gasteiger partial charge in [0, 0.05) is 26.3 Å². The Labute approximate surface area is 113 Å². The standard InChI is InChI=1S/C14H20N4O/c1-14(2)11-10(12(19)17(14)3)9-15-13(16-11)18-7-5-4-6-8-18/h9H,4-8H2,1-3H3. The molecule has 2 aliphatic rings. The van der Waals surface area contributed by atoms with Crippen molar-refractivity contribution in [1.29, 1.82) is 0 Å². The molecule has 0 aromatic carbocycles. The first-order valence-electron chi connectivity index (χ1n) is 6.92. The van der Waals surface area contributed by atoms with E-state index < -0.39 is 0 Å². The summed E-state index contributed by atoms with van der Waals surface area (Å²) in [6.45, 7) is 6.10. The van der Waals surface area contributed by atoms with Crippen LogP contribution >= 0.6 is 0 Å². The second-order valence-electron chi connectivity index (χ2n) is 5.90. The van der Waals surface area contributed by atoms with Crippen molar-refractivity contribution in [3.8, 4) is 0 Å². The Morgan fingerprint density at radius 3 is 2.58 bits per heavy atom. The normalized spacial score (nSPS) is 21.7. The number of hydrogen-bond donors (Lipinski definition) is 0. The van der Waals surface area contributed by atoms with Gasteiger partial charge in [-0.1, -0.05) is 0 Å². The highest BCUT2D eigenvalue weighted by Gasteiger charge is 2.42. The van der Waals surface area contributed by atoms with Crippen LogP contribution in [0.3, 0.4) is 0 Å². The van der Waals surface area contributed by atoms with Crippen molar-refractivity contribution in [3.63, 3.8) is 0 Å². The lowest BCUT2D eigenvalue weighted by Gasteiger charge is -2.29. The van der Waals surface area contributed by atoms with Crippen molar-refractivity contribution in [2.24, 2.45) is 0 Å². The van der Waals surface area contributed by atoms with Crippen LogP contribution in [0.25, 0.3) is 0 Å². The molecule has 0 spiro atoms. The quantitative estimate of drug-likeness (QED) is 0.772. The summed E-state index contributed by atoms with van der Waals surface area (Å²) in [5.41, 5.74) is 1.16. The van der Waals surface area contributed by atoms with Gasteiger partial charge in [0.15, 0.2) is 0 Å². The number of anilines is 1. The van der Waals surface area contributed by atoms with Crippen molar-refractivity contribution in [3.05, 3.63) is 17.5 Å². The van der Waals surface area contributed by atoms with E-state index in [0.29, 0.717) is 5.56 Å². The van der Waals surface area contributed by atoms with E-state index in [1.165, 1.54) is 19.3 Å². The summed E-state index contributed by atoms with van der Waals surface area (Å²) in [6.07, 6.45) is 5.37. The lowest BCUT2D eigenvalue weighted by atomic mass is 10.0. The van der Waals surface area contributed by atoms with E-state index in [0.717, 1.165) is 24.7 Å². The van der Waals surface area contributed by atoms with Crippen LogP contribution in [0.1, 0.15) is 49.2 Å². The molecule has 2 aliphatic heterocycles. The monoisotopic (exact) mass is 260 g/mol. The van der Waals surface area contributed by atoms with Gasteiger partial charge in [0.2, 0.25) is 5.95 Å². The summed E-state index contributed by atoms with van der Waals surface area (Å²) in [4.78, 5) is 25.2. The molecule has 0 radical (unpaired) electrons. The molecule has 0 aliphatic carbocycles. The van der Waals surface area contributed by atoms with Crippen LogP contribution in [-0.4, -0.2) is 40.9 Å². The largest absolute Gasteiger partial charge is 0.341 e. The average molecular weight is 260 g/mol. The van der Waals surface area contributed by atoms with Gasteiger partial charge in [-0.15, -0.1) is 0 Å². The molecule has 1 saturated heterocycles. The Balaban J connectivity index is 2.00. The van der Waals surface area contributed by atoms with E-state index in [1.807, 2.05) is 20.9 Å². The van der Waals surface area contributed by atoms with Crippen molar-refractivity contribution >= 4 is 11.9 Å². The molecule has 5 heteroatoms. The zero-order valence-electron chi connectivity index (χ0n) is 11.8. The number of amides is 1. The number of fused-ring (bicyclic) bond motifs is 1. The molecule has 0 saturated carbocycles. The van der Waals surface area contributed by atoms with Crippen molar-refractivity contribution in [1.82, 2.24) is 14.9 Å². The minimum Gasteiger partial charge on any atom is -0.341 e. The lowest BCUT2D eigenvalue weighted by Crippen LogP contribution is -2.36. The zero-order chi connectivity index (χ0) is 13.6. The Morgan fingerprint density at radius 1 is 1.21 bits per heavy atom. The Kier molecular flexibility index (Phi) is 2.73. The Bertz CT molecular complexity index is 520. The summed E-state index contributed by atoms with van der Waals surface area (Å²) in [7, 11) is 1.82. The predicted molar refractivity (Wildman–Crippen MR) is 73.2 cm³/mol. The van der Waals surface area contributed by atoms with Gasteiger partial charge in [0.1, 0.15) is 0 Å². The molecular weight excluding hydrogens is 240 g/mol. The van der Waals surface area contributed by atoms with E-state index in [1.54, 1.807) is 11.1 Å². The number of rotatable bonds is 1. The summed E-state index contributed by atoms with van der Waals surface area (Å²) < 4.78 is 0. The summed E-state index contributed by atoms with van der Waals surface area (Å²) >= 11 is 0. The molecule has 1 aromatic rings. The third-order valence-corrected chi connectivity index (χ3v) is 4.37. The molecule has 1 aromatic heterocycles. The van der Waals surface area contributed by atoms with Crippen LogP contribution in [-0.2, 0) is 5.54 Å². The van der Waals surface area contributed by atoms with E-state index >= 15 is 0 Å². The van der Waals surface area contributed by atoms with Crippen molar-refractivity contribution in [2.75, 3.05) is 25.0 Å². The molecule has 0 atom stereocenters. The molecule has 0 unspecified atom stereocenters. The smallest absolute Gasteiger partial charge is 0.257 e. The number of nitrogens with zero attached hydrogens (tertiary/aromatic N) is 4. The van der Waals surface area contributed by atoms with Crippen LogP contribution in [0.2, 0.25) is 0 Å². The van der Waals surface area contributed by atoms with Crippen LogP contribution in [0.5, 0.6) is 0 Å². The van der Waals surface area contributed by atoms with Crippen LogP contribution in [0, 0.1) is 0 Å². The molecule has 1 amide bonds. The molecule has 3 rings (SSSR count). The predicted octanol–water partition coefficient (Wildman–Crippen LogP) is 1.79. The van der Waals surface area contributed by atoms with E-state index in [4.69, 9.17) is 0 Å². The number of aromatic nitrogens is 2. The second kappa shape index (κ2) is 4.18. The number of carbonyl (C=O) groups excluding carboxylic acids is 1. The first-order valence-corrected chi connectivity index (χ1v) is 6.92. The number of carbonyl (C=O) groups is 1. The molecular formula is C14H20N4O. The van der Waals surface area contributed by atoms with E-state index in [-0.39, 0.29) is 11.4 Å². The Hall–Kier alpha value is -1.65. The number of hydrogen-bond acceptors (Lipinski definition) is 4. The summed E-state index contributed by atoms with van der Waals surface area (Å²) in [6, 6.07) is 0. The van der Waals surface area contributed by atoms with Gasteiger partial charge in [0.05, 0.1) is 16.8 Å². The fourth-order valence-electron chi connectivity index (χ4n) is 2.84. The molecule has 0 bridgehead atoms. The third kappa shape index (κ3) is 1.79. The van der Waals surface area contributed by atoms with Gasteiger partial charge >= 0.3 is 0 Å². The second-order valence-corrected chi connectivity index (χ2v) is 5.90. The minimum atomic E-state index is -0.347. The lowest BCUT2D eigenvalue weighted by molar-refractivity contribution is 0.0688. The SMILES string of the molecule is CN1C(=O)c2cnc(N3CCCCC3)nc2C1(C)C. The molecule has 19 heavy (non-hydrogen) atoms. The van der Waals surface area contributed by atoms with Crippen LogP contribution < -0.4 is 4.90 Å². The van der Waals surface area contributed by atoms with Gasteiger partial charge < -0.3 is 9.80 Å². The van der Waals surface area contributed by atoms with Gasteiger partial charge in [-0.3, -0.25) is 4.79 Å².